The highest BCUT2D eigenvalue weighted by Crippen LogP contribution is 2.41. The first-order valence-electron chi connectivity index (χ1n) is 6.22. The summed E-state index contributed by atoms with van der Waals surface area (Å²) in [5, 5.41) is 8.87. The summed E-state index contributed by atoms with van der Waals surface area (Å²) in [5.41, 5.74) is 1.97. The average molecular weight is 291 g/mol. The number of hydrogen-bond donors (Lipinski definition) is 0. The lowest BCUT2D eigenvalue weighted by Crippen LogP contribution is -2.21. The smallest absolute Gasteiger partial charge is 0.0992 e. The van der Waals surface area contributed by atoms with Gasteiger partial charge in [-0.05, 0) is 58.8 Å². The van der Waals surface area contributed by atoms with Gasteiger partial charge in [0.05, 0.1) is 17.3 Å². The molecule has 0 bridgehead atoms. The molecule has 0 N–H and O–H groups in total. The summed E-state index contributed by atoms with van der Waals surface area (Å²) < 4.78 is 1.05. The molecule has 17 heavy (non-hydrogen) atoms. The van der Waals surface area contributed by atoms with Gasteiger partial charge in [0.15, 0.2) is 0 Å². The van der Waals surface area contributed by atoms with Gasteiger partial charge in [-0.2, -0.15) is 5.26 Å². The number of rotatable bonds is 1. The van der Waals surface area contributed by atoms with Gasteiger partial charge in [0.25, 0.3) is 0 Å². The zero-order valence-electron chi connectivity index (χ0n) is 9.69. The molecular formula is C14H15BrN2. The minimum absolute atomic E-state index is 0.722. The minimum atomic E-state index is 0.722. The molecule has 1 aromatic carbocycles. The maximum Gasteiger partial charge on any atom is 0.0992 e. The van der Waals surface area contributed by atoms with Crippen LogP contribution in [0.25, 0.3) is 0 Å². The van der Waals surface area contributed by atoms with Crippen molar-refractivity contribution in [1.82, 2.24) is 0 Å². The molecule has 3 heteroatoms. The van der Waals surface area contributed by atoms with E-state index in [0.717, 1.165) is 21.9 Å². The van der Waals surface area contributed by atoms with Crippen molar-refractivity contribution < 1.29 is 0 Å². The Hall–Kier alpha value is -1.01. The van der Waals surface area contributed by atoms with E-state index in [1.165, 1.54) is 38.0 Å². The monoisotopic (exact) mass is 290 g/mol. The summed E-state index contributed by atoms with van der Waals surface area (Å²) in [6.45, 7) is 2.38. The number of benzene rings is 1. The van der Waals surface area contributed by atoms with Crippen LogP contribution in [0.3, 0.4) is 0 Å². The molecule has 0 spiro atoms. The van der Waals surface area contributed by atoms with Crippen LogP contribution >= 0.6 is 15.9 Å². The van der Waals surface area contributed by atoms with Gasteiger partial charge in [0.1, 0.15) is 0 Å². The van der Waals surface area contributed by atoms with E-state index in [0.29, 0.717) is 0 Å². The first kappa shape index (κ1) is 11.1. The van der Waals surface area contributed by atoms with Crippen molar-refractivity contribution in [1.29, 1.82) is 5.26 Å². The zero-order chi connectivity index (χ0) is 11.8. The van der Waals surface area contributed by atoms with Crippen LogP contribution in [0.1, 0.15) is 24.8 Å². The molecule has 1 saturated heterocycles. The third-order valence-corrected chi connectivity index (χ3v) is 4.78. The van der Waals surface area contributed by atoms with Crippen LogP contribution in [-0.2, 0) is 0 Å². The van der Waals surface area contributed by atoms with Gasteiger partial charge in [-0.25, -0.2) is 0 Å². The Morgan fingerprint density at radius 1 is 1.24 bits per heavy atom. The molecule has 88 valence electrons. The maximum atomic E-state index is 8.87. The van der Waals surface area contributed by atoms with E-state index in [9.17, 15) is 0 Å². The van der Waals surface area contributed by atoms with Crippen LogP contribution in [0.15, 0.2) is 22.7 Å². The van der Waals surface area contributed by atoms with E-state index < -0.39 is 0 Å². The Morgan fingerprint density at radius 3 is 2.53 bits per heavy atom. The fraction of sp³-hybridized carbons (Fsp3) is 0.500. The molecule has 0 aromatic heterocycles. The summed E-state index contributed by atoms with van der Waals surface area (Å²) in [6, 6.07) is 8.08. The molecule has 0 amide bonds. The van der Waals surface area contributed by atoms with Crippen molar-refractivity contribution in [3.05, 3.63) is 28.2 Å². The van der Waals surface area contributed by atoms with Gasteiger partial charge in [-0.15, -0.1) is 0 Å². The molecule has 1 heterocycles. The lowest BCUT2D eigenvalue weighted by Gasteiger charge is -2.21. The van der Waals surface area contributed by atoms with Crippen LogP contribution in [0, 0.1) is 23.2 Å². The van der Waals surface area contributed by atoms with Crippen molar-refractivity contribution in [3.8, 4) is 6.07 Å². The summed E-state index contributed by atoms with van der Waals surface area (Å²) in [4.78, 5) is 2.47. The van der Waals surface area contributed by atoms with E-state index in [4.69, 9.17) is 5.26 Å². The predicted octanol–water partition coefficient (Wildman–Crippen LogP) is 3.56. The van der Waals surface area contributed by atoms with Crippen molar-refractivity contribution in [2.45, 2.75) is 19.3 Å². The average Bonchev–Trinajstić information content (AvgIpc) is 2.89. The van der Waals surface area contributed by atoms with E-state index in [1.54, 1.807) is 0 Å². The quantitative estimate of drug-likeness (QED) is 0.791. The first-order valence-corrected chi connectivity index (χ1v) is 7.02. The number of anilines is 1. The second kappa shape index (κ2) is 4.34. The van der Waals surface area contributed by atoms with E-state index in [2.05, 4.69) is 33.0 Å². The largest absolute Gasteiger partial charge is 0.370 e. The van der Waals surface area contributed by atoms with Gasteiger partial charge in [0.2, 0.25) is 0 Å². The topological polar surface area (TPSA) is 27.0 Å². The zero-order valence-corrected chi connectivity index (χ0v) is 11.3. The Labute approximate surface area is 110 Å². The summed E-state index contributed by atoms with van der Waals surface area (Å²) >= 11 is 3.58. The number of fused-ring (bicyclic) bond motifs is 1. The molecule has 1 aliphatic heterocycles. The predicted molar refractivity (Wildman–Crippen MR) is 71.9 cm³/mol. The highest BCUT2D eigenvalue weighted by molar-refractivity contribution is 9.10. The molecule has 2 atom stereocenters. The third kappa shape index (κ3) is 1.95. The minimum Gasteiger partial charge on any atom is -0.370 e. The lowest BCUT2D eigenvalue weighted by atomic mass is 10.0. The van der Waals surface area contributed by atoms with Crippen molar-refractivity contribution >= 4 is 21.6 Å². The fourth-order valence-corrected chi connectivity index (χ4v) is 3.89. The number of nitriles is 1. The summed E-state index contributed by atoms with van der Waals surface area (Å²) in [7, 11) is 0. The SMILES string of the molecule is N#Cc1ccc(N2CC3CCCC3C2)c(Br)c1. The maximum absolute atomic E-state index is 8.87. The van der Waals surface area contributed by atoms with Crippen LogP contribution < -0.4 is 4.90 Å². The van der Waals surface area contributed by atoms with E-state index in [1.807, 2.05) is 12.1 Å². The Kier molecular flexibility index (Phi) is 2.84. The molecule has 2 fully saturated rings. The van der Waals surface area contributed by atoms with Crippen molar-refractivity contribution in [2.24, 2.45) is 11.8 Å². The summed E-state index contributed by atoms with van der Waals surface area (Å²) in [5.74, 6) is 1.80. The molecular weight excluding hydrogens is 276 g/mol. The molecule has 2 aliphatic rings. The van der Waals surface area contributed by atoms with Crippen LogP contribution in [0.2, 0.25) is 0 Å². The molecule has 1 saturated carbocycles. The van der Waals surface area contributed by atoms with Gasteiger partial charge in [-0.1, -0.05) is 6.42 Å². The second-order valence-electron chi connectivity index (χ2n) is 5.13. The van der Waals surface area contributed by atoms with Gasteiger partial charge < -0.3 is 4.90 Å². The third-order valence-electron chi connectivity index (χ3n) is 4.14. The Morgan fingerprint density at radius 2 is 1.94 bits per heavy atom. The first-order chi connectivity index (χ1) is 8.28. The molecule has 1 aromatic rings. The second-order valence-corrected chi connectivity index (χ2v) is 5.99. The van der Waals surface area contributed by atoms with Crippen LogP contribution in [0.4, 0.5) is 5.69 Å². The van der Waals surface area contributed by atoms with E-state index in [-0.39, 0.29) is 0 Å². The number of halogens is 1. The molecule has 0 radical (unpaired) electrons. The van der Waals surface area contributed by atoms with Gasteiger partial charge in [0, 0.05) is 17.6 Å². The summed E-state index contributed by atoms with van der Waals surface area (Å²) in [6.07, 6.45) is 4.21. The van der Waals surface area contributed by atoms with E-state index >= 15 is 0 Å². The number of nitrogens with zero attached hydrogens (tertiary/aromatic N) is 2. The Balaban J connectivity index is 1.84. The van der Waals surface area contributed by atoms with Gasteiger partial charge in [-0.3, -0.25) is 0 Å². The fourth-order valence-electron chi connectivity index (χ4n) is 3.26. The highest BCUT2D eigenvalue weighted by atomic mass is 79.9. The van der Waals surface area contributed by atoms with Crippen LogP contribution in [0.5, 0.6) is 0 Å². The molecule has 1 aliphatic carbocycles. The lowest BCUT2D eigenvalue weighted by molar-refractivity contribution is 0.494. The Bertz CT molecular complexity index is 466. The highest BCUT2D eigenvalue weighted by Gasteiger charge is 2.36. The van der Waals surface area contributed by atoms with Crippen LogP contribution in [-0.4, -0.2) is 13.1 Å². The normalized spacial score (nSPS) is 26.9. The molecule has 2 unspecified atom stereocenters. The standard InChI is InChI=1S/C14H15BrN2/c15-13-6-10(7-16)4-5-14(13)17-8-11-2-1-3-12(11)9-17/h4-6,11-12H,1-3,8-9H2. The van der Waals surface area contributed by atoms with Crippen molar-refractivity contribution in [2.75, 3.05) is 18.0 Å². The number of hydrogen-bond acceptors (Lipinski definition) is 2. The van der Waals surface area contributed by atoms with Crippen molar-refractivity contribution in [3.63, 3.8) is 0 Å². The van der Waals surface area contributed by atoms with Gasteiger partial charge >= 0.3 is 0 Å². The molecule has 2 nitrogen and oxygen atoms in total. The molecule has 3 rings (SSSR count).